The second kappa shape index (κ2) is 21.1. The Kier molecular flexibility index (Phi) is 14.7. The van der Waals surface area contributed by atoms with Gasteiger partial charge in [-0.3, -0.25) is 15.0 Å². The fourth-order valence-electron chi connectivity index (χ4n) is 8.14. The summed E-state index contributed by atoms with van der Waals surface area (Å²) in [6.07, 6.45) is 0.813. The van der Waals surface area contributed by atoms with Gasteiger partial charge in [-0.1, -0.05) is 134 Å². The first-order valence-corrected chi connectivity index (χ1v) is 21.2. The Labute approximate surface area is 369 Å². The molecule has 0 saturated carbocycles. The molecular weight excluding hydrogens is 793 g/mol. The maximum atomic E-state index is 14.7. The Bertz CT molecular complexity index is 2480. The molecule has 11 heteroatoms. The minimum absolute atomic E-state index is 0.0653. The third-order valence-corrected chi connectivity index (χ3v) is 11.5. The number of rotatable bonds is 19. The number of methoxy groups -OCH3 is 2. The predicted octanol–water partition coefficient (Wildman–Crippen LogP) is 8.94. The molecule has 1 aliphatic rings. The van der Waals surface area contributed by atoms with E-state index in [1.807, 2.05) is 117 Å². The van der Waals surface area contributed by atoms with E-state index in [2.05, 4.69) is 39.7 Å². The molecule has 63 heavy (non-hydrogen) atoms. The molecule has 6 aromatic rings. The third-order valence-electron chi connectivity index (χ3n) is 11.5. The lowest BCUT2D eigenvalue weighted by Crippen LogP contribution is -2.54. The highest BCUT2D eigenvalue weighted by atomic mass is 16.5. The largest absolute Gasteiger partial charge is 0.497 e. The van der Waals surface area contributed by atoms with Gasteiger partial charge in [0.05, 0.1) is 26.3 Å². The Morgan fingerprint density at radius 2 is 1.40 bits per heavy atom. The van der Waals surface area contributed by atoms with E-state index >= 15 is 0 Å². The van der Waals surface area contributed by atoms with E-state index in [1.54, 1.807) is 38.5 Å². The molecule has 324 valence electrons. The number of para-hydroxylation sites is 1. The Morgan fingerprint density at radius 3 is 2.13 bits per heavy atom. The molecule has 0 bridgehead atoms. The molecule has 3 amide bonds. The van der Waals surface area contributed by atoms with Crippen molar-refractivity contribution in [2.75, 3.05) is 20.8 Å². The predicted molar refractivity (Wildman–Crippen MR) is 243 cm³/mol. The summed E-state index contributed by atoms with van der Waals surface area (Å²) < 4.78 is 23.1. The van der Waals surface area contributed by atoms with Crippen LogP contribution in [0.4, 0.5) is 4.79 Å². The molecule has 0 saturated heterocycles. The van der Waals surface area contributed by atoms with Crippen molar-refractivity contribution in [2.45, 2.75) is 57.8 Å². The number of amides is 3. The quantitative estimate of drug-likeness (QED) is 0.0593. The van der Waals surface area contributed by atoms with Crippen LogP contribution in [-0.2, 0) is 27.4 Å². The zero-order valence-electron chi connectivity index (χ0n) is 36.1. The number of carbonyl (C=O) groups is 3. The molecule has 11 nitrogen and oxygen atoms in total. The van der Waals surface area contributed by atoms with Crippen LogP contribution in [0.5, 0.6) is 17.2 Å². The summed E-state index contributed by atoms with van der Waals surface area (Å²) in [6.45, 7) is 3.79. The van der Waals surface area contributed by atoms with E-state index in [-0.39, 0.29) is 25.5 Å². The number of hydrogen-bond donors (Lipinski definition) is 4. The van der Waals surface area contributed by atoms with Crippen LogP contribution in [0.25, 0.3) is 11.1 Å². The number of carbonyl (C=O) groups excluding carboxylic acids is 3. The van der Waals surface area contributed by atoms with Gasteiger partial charge in [-0.15, -0.1) is 0 Å². The molecule has 1 aliphatic carbocycles. The molecule has 4 atom stereocenters. The number of aryl methyl sites for hydroxylation is 1. The molecule has 0 spiro atoms. The van der Waals surface area contributed by atoms with E-state index in [0.29, 0.717) is 29.2 Å². The van der Waals surface area contributed by atoms with Crippen LogP contribution >= 0.6 is 0 Å². The van der Waals surface area contributed by atoms with E-state index in [4.69, 9.17) is 18.9 Å². The Hall–Kier alpha value is -7.11. The van der Waals surface area contributed by atoms with Gasteiger partial charge in [0.2, 0.25) is 5.91 Å². The summed E-state index contributed by atoms with van der Waals surface area (Å²) in [5, 5.41) is 6.41. The second-order valence-corrected chi connectivity index (χ2v) is 15.6. The number of alkyl carbamates (subject to hydrolysis) is 1. The first kappa shape index (κ1) is 44.0. The SMILES string of the molecule is CCC(C[C@H](NNC(=O)COc1ccccc1)C(=O)NC(c1ccccc1)c1ccc(C)cc1)C(NC(=O)OCc1cccc2c1Cc1ccccc1-2)c1ccc(OC)cc1OC. The molecule has 6 aromatic carbocycles. The van der Waals surface area contributed by atoms with Crippen molar-refractivity contribution in [3.8, 4) is 28.4 Å². The lowest BCUT2D eigenvalue weighted by Gasteiger charge is -2.32. The first-order chi connectivity index (χ1) is 30.7. The van der Waals surface area contributed by atoms with Crippen molar-refractivity contribution >= 4 is 17.9 Å². The van der Waals surface area contributed by atoms with Crippen LogP contribution < -0.4 is 35.7 Å². The highest BCUT2D eigenvalue weighted by Crippen LogP contribution is 2.39. The van der Waals surface area contributed by atoms with Crippen molar-refractivity contribution in [2.24, 2.45) is 5.92 Å². The zero-order chi connectivity index (χ0) is 44.1. The molecule has 3 unspecified atom stereocenters. The summed E-state index contributed by atoms with van der Waals surface area (Å²) in [5.74, 6) is 0.354. The number of nitrogens with one attached hydrogen (secondary N) is 4. The monoisotopic (exact) mass is 846 g/mol. The topological polar surface area (TPSA) is 136 Å². The minimum atomic E-state index is -0.981. The standard InChI is InChI=1S/C52H54N4O7/c1-5-35(50(44-28-27-41(60-3)31-47(44)61-4)54-52(59)63-32-39-18-14-22-43-42-21-13-12-17-38(42)29-45(39)43)30-46(55-56-48(57)33-62-40-19-10-7-11-20-40)51(58)53-49(36-15-8-6-9-16-36)37-25-23-34(2)24-26-37/h6-28,31,35,46,49-50,55H,5,29-30,32-33H2,1-4H3,(H,53,58)(H,54,59)(H,56,57)/t35?,46-,49?,50?/m0/s1. The molecule has 0 heterocycles. The van der Waals surface area contributed by atoms with Crippen molar-refractivity contribution in [3.05, 3.63) is 185 Å². The van der Waals surface area contributed by atoms with E-state index in [9.17, 15) is 14.4 Å². The van der Waals surface area contributed by atoms with E-state index in [1.165, 1.54) is 11.1 Å². The smallest absolute Gasteiger partial charge is 0.407 e. The summed E-state index contributed by atoms with van der Waals surface area (Å²) in [4.78, 5) is 42.0. The van der Waals surface area contributed by atoms with Crippen LogP contribution in [0.3, 0.4) is 0 Å². The van der Waals surface area contributed by atoms with Crippen molar-refractivity contribution in [3.63, 3.8) is 0 Å². The van der Waals surface area contributed by atoms with Gasteiger partial charge in [-0.25, -0.2) is 10.2 Å². The average Bonchev–Trinajstić information content (AvgIpc) is 3.71. The molecule has 0 fully saturated rings. The van der Waals surface area contributed by atoms with Gasteiger partial charge in [0.1, 0.15) is 29.9 Å². The molecular formula is C52H54N4O7. The fourth-order valence-corrected chi connectivity index (χ4v) is 8.14. The van der Waals surface area contributed by atoms with Crippen LogP contribution in [0.1, 0.15) is 70.8 Å². The van der Waals surface area contributed by atoms with Crippen molar-refractivity contribution < 1.29 is 33.3 Å². The van der Waals surface area contributed by atoms with Crippen LogP contribution in [0, 0.1) is 12.8 Å². The van der Waals surface area contributed by atoms with Crippen molar-refractivity contribution in [1.82, 2.24) is 21.5 Å². The van der Waals surface area contributed by atoms with Gasteiger partial charge < -0.3 is 29.6 Å². The van der Waals surface area contributed by atoms with E-state index < -0.39 is 36.0 Å². The number of benzene rings is 6. The highest BCUT2D eigenvalue weighted by Gasteiger charge is 2.33. The lowest BCUT2D eigenvalue weighted by atomic mass is 9.85. The molecule has 0 radical (unpaired) electrons. The normalized spacial score (nSPS) is 13.3. The summed E-state index contributed by atoms with van der Waals surface area (Å²) >= 11 is 0. The fraction of sp³-hybridized carbons (Fsp3) is 0.250. The maximum absolute atomic E-state index is 14.7. The molecule has 7 rings (SSSR count). The summed E-state index contributed by atoms with van der Waals surface area (Å²) in [5.41, 5.74) is 14.9. The van der Waals surface area contributed by atoms with Gasteiger partial charge >= 0.3 is 6.09 Å². The number of ether oxygens (including phenoxy) is 4. The Balaban J connectivity index is 1.16. The third kappa shape index (κ3) is 11.0. The number of hydrogen-bond acceptors (Lipinski definition) is 8. The summed E-state index contributed by atoms with van der Waals surface area (Å²) in [6, 6.07) is 44.4. The first-order valence-electron chi connectivity index (χ1n) is 21.2. The van der Waals surface area contributed by atoms with Crippen LogP contribution in [0.2, 0.25) is 0 Å². The summed E-state index contributed by atoms with van der Waals surface area (Å²) in [7, 11) is 3.13. The van der Waals surface area contributed by atoms with Gasteiger partial charge in [-0.2, -0.15) is 0 Å². The number of hydrazine groups is 1. The van der Waals surface area contributed by atoms with E-state index in [0.717, 1.165) is 39.8 Å². The Morgan fingerprint density at radius 1 is 0.698 bits per heavy atom. The van der Waals surface area contributed by atoms with Gasteiger partial charge in [-0.05, 0) is 88.9 Å². The second-order valence-electron chi connectivity index (χ2n) is 15.6. The number of fused-ring (bicyclic) bond motifs is 3. The zero-order valence-corrected chi connectivity index (χ0v) is 36.1. The average molecular weight is 847 g/mol. The lowest BCUT2D eigenvalue weighted by molar-refractivity contribution is -0.127. The molecule has 0 aromatic heterocycles. The van der Waals surface area contributed by atoms with Crippen LogP contribution in [0.15, 0.2) is 146 Å². The van der Waals surface area contributed by atoms with Gasteiger partial charge in [0, 0.05) is 11.6 Å². The van der Waals surface area contributed by atoms with Gasteiger partial charge in [0.15, 0.2) is 6.61 Å². The molecule has 0 aliphatic heterocycles. The molecule has 4 N–H and O–H groups in total. The van der Waals surface area contributed by atoms with Crippen molar-refractivity contribution in [1.29, 1.82) is 0 Å². The van der Waals surface area contributed by atoms with Crippen LogP contribution in [-0.4, -0.2) is 44.8 Å². The van der Waals surface area contributed by atoms with Gasteiger partial charge in [0.25, 0.3) is 5.91 Å². The highest BCUT2D eigenvalue weighted by molar-refractivity contribution is 5.84. The maximum Gasteiger partial charge on any atom is 0.407 e. The minimum Gasteiger partial charge on any atom is -0.497 e.